The SMILES string of the molecule is CNCc1ccc(C)c(S(=O)(=O)NCC2CCOC2)c1. The molecule has 0 bridgehead atoms. The molecule has 1 fully saturated rings. The average Bonchev–Trinajstić information content (AvgIpc) is 2.92. The molecule has 0 amide bonds. The van der Waals surface area contributed by atoms with Gasteiger partial charge in [-0.1, -0.05) is 12.1 Å². The zero-order chi connectivity index (χ0) is 14.6. The minimum atomic E-state index is -3.45. The standard InChI is InChI=1S/C14H22N2O3S/c1-11-3-4-12(8-15-2)7-14(11)20(17,18)16-9-13-5-6-19-10-13/h3-4,7,13,15-16H,5-6,8-10H2,1-2H3. The summed E-state index contributed by atoms with van der Waals surface area (Å²) >= 11 is 0. The van der Waals surface area contributed by atoms with Crippen LogP contribution in [0.25, 0.3) is 0 Å². The van der Waals surface area contributed by atoms with Gasteiger partial charge in [-0.05, 0) is 43.5 Å². The van der Waals surface area contributed by atoms with Gasteiger partial charge in [-0.3, -0.25) is 0 Å². The normalized spacial score (nSPS) is 19.4. The summed E-state index contributed by atoms with van der Waals surface area (Å²) in [6.07, 6.45) is 0.918. The van der Waals surface area contributed by atoms with E-state index in [-0.39, 0.29) is 5.92 Å². The number of rotatable bonds is 6. The lowest BCUT2D eigenvalue weighted by Gasteiger charge is -2.13. The van der Waals surface area contributed by atoms with Gasteiger partial charge in [0.25, 0.3) is 0 Å². The zero-order valence-corrected chi connectivity index (χ0v) is 12.8. The van der Waals surface area contributed by atoms with Gasteiger partial charge in [-0.15, -0.1) is 0 Å². The van der Waals surface area contributed by atoms with E-state index < -0.39 is 10.0 Å². The van der Waals surface area contributed by atoms with Gasteiger partial charge in [0, 0.05) is 19.7 Å². The van der Waals surface area contributed by atoms with Crippen molar-refractivity contribution in [2.24, 2.45) is 5.92 Å². The molecule has 1 saturated heterocycles. The van der Waals surface area contributed by atoms with Gasteiger partial charge in [-0.2, -0.15) is 0 Å². The molecule has 0 spiro atoms. The van der Waals surface area contributed by atoms with Gasteiger partial charge in [0.05, 0.1) is 11.5 Å². The Morgan fingerprint density at radius 1 is 1.40 bits per heavy atom. The van der Waals surface area contributed by atoms with E-state index in [4.69, 9.17) is 4.74 Å². The quantitative estimate of drug-likeness (QED) is 0.823. The third-order valence-corrected chi connectivity index (χ3v) is 5.07. The van der Waals surface area contributed by atoms with Crippen LogP contribution in [-0.2, 0) is 21.3 Å². The highest BCUT2D eigenvalue weighted by atomic mass is 32.2. The van der Waals surface area contributed by atoms with Gasteiger partial charge in [0.2, 0.25) is 10.0 Å². The van der Waals surface area contributed by atoms with Crippen LogP contribution >= 0.6 is 0 Å². The molecule has 5 nitrogen and oxygen atoms in total. The van der Waals surface area contributed by atoms with Crippen LogP contribution in [-0.4, -0.2) is 35.2 Å². The van der Waals surface area contributed by atoms with E-state index in [1.165, 1.54) is 0 Å². The van der Waals surface area contributed by atoms with Crippen molar-refractivity contribution in [3.63, 3.8) is 0 Å². The Bertz CT molecular complexity index is 552. The van der Waals surface area contributed by atoms with Gasteiger partial charge in [0.15, 0.2) is 0 Å². The summed E-state index contributed by atoms with van der Waals surface area (Å²) in [5, 5.41) is 3.03. The first-order chi connectivity index (χ1) is 9.53. The maximum absolute atomic E-state index is 12.4. The minimum absolute atomic E-state index is 0.283. The van der Waals surface area contributed by atoms with E-state index in [1.54, 1.807) is 6.07 Å². The van der Waals surface area contributed by atoms with Crippen LogP contribution in [0.2, 0.25) is 0 Å². The van der Waals surface area contributed by atoms with E-state index in [9.17, 15) is 8.42 Å². The van der Waals surface area contributed by atoms with Crippen molar-refractivity contribution in [1.82, 2.24) is 10.0 Å². The minimum Gasteiger partial charge on any atom is -0.381 e. The molecule has 2 N–H and O–H groups in total. The fourth-order valence-electron chi connectivity index (χ4n) is 2.30. The molecule has 112 valence electrons. The van der Waals surface area contributed by atoms with Crippen LogP contribution in [0.1, 0.15) is 17.5 Å². The van der Waals surface area contributed by atoms with Crippen LogP contribution in [0, 0.1) is 12.8 Å². The molecule has 0 aromatic heterocycles. The molecule has 6 heteroatoms. The van der Waals surface area contributed by atoms with E-state index >= 15 is 0 Å². The van der Waals surface area contributed by atoms with E-state index in [0.717, 1.165) is 24.2 Å². The fraction of sp³-hybridized carbons (Fsp3) is 0.571. The third kappa shape index (κ3) is 3.79. The van der Waals surface area contributed by atoms with Crippen molar-refractivity contribution >= 4 is 10.0 Å². The van der Waals surface area contributed by atoms with Gasteiger partial charge >= 0.3 is 0 Å². The number of aryl methyl sites for hydroxylation is 1. The van der Waals surface area contributed by atoms with Crippen LogP contribution in [0.5, 0.6) is 0 Å². The Labute approximate surface area is 120 Å². The van der Waals surface area contributed by atoms with Gasteiger partial charge in [-0.25, -0.2) is 13.1 Å². The summed E-state index contributed by atoms with van der Waals surface area (Å²) < 4.78 is 32.7. The number of hydrogen-bond donors (Lipinski definition) is 2. The highest BCUT2D eigenvalue weighted by molar-refractivity contribution is 7.89. The topological polar surface area (TPSA) is 67.4 Å². The lowest BCUT2D eigenvalue weighted by molar-refractivity contribution is 0.186. The molecular weight excluding hydrogens is 276 g/mol. The maximum atomic E-state index is 12.4. The lowest BCUT2D eigenvalue weighted by atomic mass is 10.1. The second kappa shape index (κ2) is 6.67. The molecule has 20 heavy (non-hydrogen) atoms. The molecule has 1 heterocycles. The first-order valence-electron chi connectivity index (χ1n) is 6.84. The Balaban J connectivity index is 2.12. The van der Waals surface area contributed by atoms with Crippen molar-refractivity contribution in [2.75, 3.05) is 26.8 Å². The third-order valence-electron chi connectivity index (χ3n) is 3.51. The summed E-state index contributed by atoms with van der Waals surface area (Å²) in [7, 11) is -1.61. The number of hydrogen-bond acceptors (Lipinski definition) is 4. The predicted octanol–water partition coefficient (Wildman–Crippen LogP) is 1.03. The molecule has 0 aliphatic carbocycles. The van der Waals surface area contributed by atoms with Crippen molar-refractivity contribution in [2.45, 2.75) is 24.8 Å². The highest BCUT2D eigenvalue weighted by Crippen LogP contribution is 2.18. The zero-order valence-electron chi connectivity index (χ0n) is 12.0. The second-order valence-electron chi connectivity index (χ2n) is 5.21. The molecule has 1 aromatic rings. The number of benzene rings is 1. The van der Waals surface area contributed by atoms with Crippen molar-refractivity contribution < 1.29 is 13.2 Å². The number of sulfonamides is 1. The highest BCUT2D eigenvalue weighted by Gasteiger charge is 2.21. The van der Waals surface area contributed by atoms with Crippen LogP contribution in [0.15, 0.2) is 23.1 Å². The van der Waals surface area contributed by atoms with E-state index in [1.807, 2.05) is 26.1 Å². The summed E-state index contributed by atoms with van der Waals surface area (Å²) in [6.45, 7) is 4.28. The Kier molecular flexibility index (Phi) is 5.15. The maximum Gasteiger partial charge on any atom is 0.240 e. The molecule has 1 aliphatic rings. The first kappa shape index (κ1) is 15.4. The number of nitrogens with one attached hydrogen (secondary N) is 2. The summed E-state index contributed by atoms with van der Waals surface area (Å²) in [5.74, 6) is 0.283. The van der Waals surface area contributed by atoms with Crippen molar-refractivity contribution in [1.29, 1.82) is 0 Å². The molecule has 1 atom stereocenters. The van der Waals surface area contributed by atoms with E-state index in [2.05, 4.69) is 10.0 Å². The smallest absolute Gasteiger partial charge is 0.240 e. The second-order valence-corrected chi connectivity index (χ2v) is 6.95. The lowest BCUT2D eigenvalue weighted by Crippen LogP contribution is -2.30. The molecular formula is C14H22N2O3S. The monoisotopic (exact) mass is 298 g/mol. The van der Waals surface area contributed by atoms with Gasteiger partial charge < -0.3 is 10.1 Å². The number of ether oxygens (including phenoxy) is 1. The van der Waals surface area contributed by atoms with Crippen molar-refractivity contribution in [3.05, 3.63) is 29.3 Å². The van der Waals surface area contributed by atoms with Crippen molar-refractivity contribution in [3.8, 4) is 0 Å². The van der Waals surface area contributed by atoms with Gasteiger partial charge in [0.1, 0.15) is 0 Å². The van der Waals surface area contributed by atoms with Crippen LogP contribution in [0.4, 0.5) is 0 Å². The average molecular weight is 298 g/mol. The molecule has 1 aliphatic heterocycles. The fourth-order valence-corrected chi connectivity index (χ4v) is 3.71. The Morgan fingerprint density at radius 2 is 2.20 bits per heavy atom. The summed E-state index contributed by atoms with van der Waals surface area (Å²) in [5.41, 5.74) is 1.72. The predicted molar refractivity (Wildman–Crippen MR) is 78.1 cm³/mol. The first-order valence-corrected chi connectivity index (χ1v) is 8.33. The summed E-state index contributed by atoms with van der Waals surface area (Å²) in [4.78, 5) is 0.365. The van der Waals surface area contributed by atoms with Crippen LogP contribution in [0.3, 0.4) is 0 Å². The van der Waals surface area contributed by atoms with Crippen LogP contribution < -0.4 is 10.0 Å². The molecule has 0 radical (unpaired) electrons. The largest absolute Gasteiger partial charge is 0.381 e. The Hall–Kier alpha value is -0.950. The summed E-state index contributed by atoms with van der Waals surface area (Å²) in [6, 6.07) is 5.52. The Morgan fingerprint density at radius 3 is 2.85 bits per heavy atom. The van der Waals surface area contributed by atoms with E-state index in [0.29, 0.717) is 24.6 Å². The molecule has 0 saturated carbocycles. The molecule has 1 aromatic carbocycles. The molecule has 2 rings (SSSR count). The molecule has 1 unspecified atom stereocenters.